The fourth-order valence-electron chi connectivity index (χ4n) is 2.01. The van der Waals surface area contributed by atoms with Crippen LogP contribution in [0, 0.1) is 0 Å². The van der Waals surface area contributed by atoms with E-state index in [-0.39, 0.29) is 5.91 Å². The van der Waals surface area contributed by atoms with Crippen molar-refractivity contribution in [3.05, 3.63) is 66.0 Å². The molecule has 0 spiro atoms. The molecule has 0 aliphatic rings. The Kier molecular flexibility index (Phi) is 5.26. The summed E-state index contributed by atoms with van der Waals surface area (Å²) in [4.78, 5) is 18.3. The van der Waals surface area contributed by atoms with Gasteiger partial charge in [-0.05, 0) is 30.7 Å². The van der Waals surface area contributed by atoms with Gasteiger partial charge in [-0.2, -0.15) is 0 Å². The monoisotopic (exact) mass is 269 g/mol. The molecule has 104 valence electrons. The molecule has 1 heterocycles. The van der Waals surface area contributed by atoms with E-state index >= 15 is 0 Å². The lowest BCUT2D eigenvalue weighted by Crippen LogP contribution is -2.32. The summed E-state index contributed by atoms with van der Waals surface area (Å²) in [7, 11) is 0. The molecule has 0 saturated heterocycles. The topological polar surface area (TPSA) is 59.2 Å². The van der Waals surface area contributed by atoms with Crippen molar-refractivity contribution in [3.8, 4) is 0 Å². The second kappa shape index (κ2) is 7.40. The third-order valence-corrected chi connectivity index (χ3v) is 3.04. The van der Waals surface area contributed by atoms with Crippen LogP contribution in [-0.4, -0.2) is 28.9 Å². The first-order valence-corrected chi connectivity index (χ1v) is 6.74. The number of carbonyl (C=O) groups excluding carboxylic acids is 1. The molecule has 0 saturated carbocycles. The van der Waals surface area contributed by atoms with Crippen molar-refractivity contribution in [2.75, 3.05) is 13.1 Å². The Bertz CT molecular complexity index is 528. The number of rotatable bonds is 6. The van der Waals surface area contributed by atoms with Crippen molar-refractivity contribution < 1.29 is 4.79 Å². The lowest BCUT2D eigenvalue weighted by molar-refractivity contribution is 0.0742. The van der Waals surface area contributed by atoms with Gasteiger partial charge in [-0.25, -0.2) is 0 Å². The van der Waals surface area contributed by atoms with Crippen molar-refractivity contribution in [2.24, 2.45) is 5.73 Å². The van der Waals surface area contributed by atoms with Gasteiger partial charge in [-0.15, -0.1) is 0 Å². The molecule has 0 aliphatic carbocycles. The number of pyridine rings is 1. The van der Waals surface area contributed by atoms with Crippen LogP contribution in [0.15, 0.2) is 54.9 Å². The minimum atomic E-state index is -0.00426. The van der Waals surface area contributed by atoms with Crippen molar-refractivity contribution in [1.29, 1.82) is 0 Å². The normalized spacial score (nSPS) is 10.2. The number of hydrogen-bond donors (Lipinski definition) is 1. The molecule has 4 heteroatoms. The smallest absolute Gasteiger partial charge is 0.255 e. The average Bonchev–Trinajstić information content (AvgIpc) is 2.52. The van der Waals surface area contributed by atoms with Crippen molar-refractivity contribution in [2.45, 2.75) is 13.0 Å². The maximum atomic E-state index is 12.5. The average molecular weight is 269 g/mol. The Morgan fingerprint density at radius 1 is 1.15 bits per heavy atom. The Labute approximate surface area is 119 Å². The predicted octanol–water partition coefficient (Wildman–Crippen LogP) is 2.07. The number of benzene rings is 1. The number of nitrogens with zero attached hydrogens (tertiary/aromatic N) is 2. The number of nitrogens with two attached hydrogens (primary N) is 1. The molecule has 0 unspecified atom stereocenters. The van der Waals surface area contributed by atoms with Gasteiger partial charge in [0, 0.05) is 25.5 Å². The Morgan fingerprint density at radius 3 is 2.60 bits per heavy atom. The van der Waals surface area contributed by atoms with E-state index in [0.29, 0.717) is 25.2 Å². The SMILES string of the molecule is NCCCN(Cc1ccccc1)C(=O)c1cccnc1. The van der Waals surface area contributed by atoms with Gasteiger partial charge in [0.15, 0.2) is 0 Å². The molecule has 4 nitrogen and oxygen atoms in total. The molecular formula is C16H19N3O. The van der Waals surface area contributed by atoms with E-state index in [0.717, 1.165) is 12.0 Å². The first-order chi connectivity index (χ1) is 9.81. The van der Waals surface area contributed by atoms with E-state index in [1.165, 1.54) is 0 Å². The van der Waals surface area contributed by atoms with E-state index in [9.17, 15) is 4.79 Å². The van der Waals surface area contributed by atoms with Crippen LogP contribution in [0.2, 0.25) is 0 Å². The van der Waals surface area contributed by atoms with Crippen LogP contribution in [0.1, 0.15) is 22.3 Å². The second-order valence-corrected chi connectivity index (χ2v) is 4.60. The number of hydrogen-bond acceptors (Lipinski definition) is 3. The highest BCUT2D eigenvalue weighted by atomic mass is 16.2. The maximum absolute atomic E-state index is 12.5. The predicted molar refractivity (Wildman–Crippen MR) is 79.1 cm³/mol. The summed E-state index contributed by atoms with van der Waals surface area (Å²) in [6.45, 7) is 1.82. The van der Waals surface area contributed by atoms with Crippen molar-refractivity contribution in [1.82, 2.24) is 9.88 Å². The lowest BCUT2D eigenvalue weighted by atomic mass is 10.2. The van der Waals surface area contributed by atoms with Crippen LogP contribution in [0.25, 0.3) is 0 Å². The molecule has 0 radical (unpaired) electrons. The molecule has 1 aromatic carbocycles. The molecule has 2 aromatic rings. The Balaban J connectivity index is 2.13. The molecule has 0 aliphatic heterocycles. The number of amides is 1. The molecule has 1 amide bonds. The van der Waals surface area contributed by atoms with Crippen LogP contribution in [0.4, 0.5) is 0 Å². The quantitative estimate of drug-likeness (QED) is 0.873. The summed E-state index contributed by atoms with van der Waals surface area (Å²) in [5.74, 6) is -0.00426. The van der Waals surface area contributed by atoms with E-state index in [1.54, 1.807) is 24.5 Å². The highest BCUT2D eigenvalue weighted by molar-refractivity contribution is 5.93. The molecule has 0 bridgehead atoms. The fraction of sp³-hybridized carbons (Fsp3) is 0.250. The number of aromatic nitrogens is 1. The summed E-state index contributed by atoms with van der Waals surface area (Å²) in [5.41, 5.74) is 7.28. The van der Waals surface area contributed by atoms with E-state index in [4.69, 9.17) is 5.73 Å². The van der Waals surface area contributed by atoms with E-state index in [1.807, 2.05) is 35.2 Å². The molecule has 2 N–H and O–H groups in total. The van der Waals surface area contributed by atoms with Gasteiger partial charge >= 0.3 is 0 Å². The van der Waals surface area contributed by atoms with E-state index < -0.39 is 0 Å². The van der Waals surface area contributed by atoms with Crippen molar-refractivity contribution >= 4 is 5.91 Å². The van der Waals surface area contributed by atoms with Crippen molar-refractivity contribution in [3.63, 3.8) is 0 Å². The van der Waals surface area contributed by atoms with Gasteiger partial charge < -0.3 is 10.6 Å². The number of carbonyl (C=O) groups is 1. The van der Waals surface area contributed by atoms with Gasteiger partial charge in [0.2, 0.25) is 0 Å². The zero-order valence-electron chi connectivity index (χ0n) is 11.4. The third-order valence-electron chi connectivity index (χ3n) is 3.04. The standard InChI is InChI=1S/C16H19N3O/c17-9-5-11-19(13-14-6-2-1-3-7-14)16(20)15-8-4-10-18-12-15/h1-4,6-8,10,12H,5,9,11,13,17H2. The molecule has 0 atom stereocenters. The summed E-state index contributed by atoms with van der Waals surface area (Å²) in [5, 5.41) is 0. The molecular weight excluding hydrogens is 250 g/mol. The molecule has 0 fully saturated rings. The van der Waals surface area contributed by atoms with Gasteiger partial charge in [-0.3, -0.25) is 9.78 Å². The van der Waals surface area contributed by atoms with Crippen LogP contribution >= 0.6 is 0 Å². The lowest BCUT2D eigenvalue weighted by Gasteiger charge is -2.22. The largest absolute Gasteiger partial charge is 0.334 e. The van der Waals surface area contributed by atoms with E-state index in [2.05, 4.69) is 4.98 Å². The first-order valence-electron chi connectivity index (χ1n) is 6.74. The second-order valence-electron chi connectivity index (χ2n) is 4.60. The van der Waals surface area contributed by atoms with Gasteiger partial charge in [-0.1, -0.05) is 30.3 Å². The van der Waals surface area contributed by atoms with Gasteiger partial charge in [0.1, 0.15) is 0 Å². The maximum Gasteiger partial charge on any atom is 0.255 e. The summed E-state index contributed by atoms with van der Waals surface area (Å²) < 4.78 is 0. The highest BCUT2D eigenvalue weighted by Crippen LogP contribution is 2.10. The van der Waals surface area contributed by atoms with Crippen LogP contribution in [0.5, 0.6) is 0 Å². The molecule has 2 rings (SSSR count). The minimum absolute atomic E-state index is 0.00426. The van der Waals surface area contributed by atoms with Gasteiger partial charge in [0.05, 0.1) is 5.56 Å². The zero-order valence-corrected chi connectivity index (χ0v) is 11.4. The zero-order chi connectivity index (χ0) is 14.2. The van der Waals surface area contributed by atoms with Crippen LogP contribution in [0.3, 0.4) is 0 Å². The minimum Gasteiger partial charge on any atom is -0.334 e. The fourth-order valence-corrected chi connectivity index (χ4v) is 2.01. The highest BCUT2D eigenvalue weighted by Gasteiger charge is 2.15. The molecule has 1 aromatic heterocycles. The summed E-state index contributed by atoms with van der Waals surface area (Å²) in [6, 6.07) is 13.5. The van der Waals surface area contributed by atoms with Gasteiger partial charge in [0.25, 0.3) is 5.91 Å². The summed E-state index contributed by atoms with van der Waals surface area (Å²) in [6.07, 6.45) is 4.06. The Morgan fingerprint density at radius 2 is 1.95 bits per heavy atom. The Hall–Kier alpha value is -2.20. The summed E-state index contributed by atoms with van der Waals surface area (Å²) >= 11 is 0. The molecule has 20 heavy (non-hydrogen) atoms. The first kappa shape index (κ1) is 14.2. The van der Waals surface area contributed by atoms with Crippen LogP contribution < -0.4 is 5.73 Å². The van der Waals surface area contributed by atoms with Crippen LogP contribution in [-0.2, 0) is 6.54 Å². The third kappa shape index (κ3) is 3.90.